The van der Waals surface area contributed by atoms with Crippen molar-refractivity contribution in [3.8, 4) is 17.2 Å². The maximum Gasteiger partial charge on any atom is 0.343 e. The van der Waals surface area contributed by atoms with E-state index in [4.69, 9.17) is 14.2 Å². The number of hydrogen-bond donors (Lipinski definition) is 1. The van der Waals surface area contributed by atoms with E-state index in [1.807, 2.05) is 24.3 Å². The van der Waals surface area contributed by atoms with E-state index < -0.39 is 0 Å². The minimum absolute atomic E-state index is 0.142. The van der Waals surface area contributed by atoms with Gasteiger partial charge in [0.1, 0.15) is 17.2 Å². The molecule has 3 aromatic rings. The summed E-state index contributed by atoms with van der Waals surface area (Å²) in [5.74, 6) is 1.93. The van der Waals surface area contributed by atoms with Crippen molar-refractivity contribution in [2.75, 3.05) is 13.2 Å². The molecule has 4 rings (SSSR count). The zero-order valence-corrected chi connectivity index (χ0v) is 35.9. The summed E-state index contributed by atoms with van der Waals surface area (Å²) in [6, 6.07) is 24.0. The number of esters is 1. The van der Waals surface area contributed by atoms with Gasteiger partial charge in [-0.1, -0.05) is 167 Å². The summed E-state index contributed by atoms with van der Waals surface area (Å²) in [7, 11) is 0. The van der Waals surface area contributed by atoms with E-state index in [1.165, 1.54) is 140 Å². The van der Waals surface area contributed by atoms with Crippen LogP contribution in [-0.2, 0) is 11.1 Å². The topological polar surface area (TPSA) is 56.8 Å². The number of nitrogens with one attached hydrogen (secondary N) is 1. The Balaban J connectivity index is 1.11. The Kier molecular flexibility index (Phi) is 20.9. The molecule has 5 nitrogen and oxygen atoms in total. The van der Waals surface area contributed by atoms with E-state index in [1.54, 1.807) is 12.1 Å². The second kappa shape index (κ2) is 25.8. The number of carbonyl (C=O) groups is 1. The van der Waals surface area contributed by atoms with Crippen molar-refractivity contribution >= 4 is 5.97 Å². The number of hydrogen-bond acceptors (Lipinski definition) is 5. The van der Waals surface area contributed by atoms with Gasteiger partial charge in [-0.3, -0.25) is 5.32 Å². The minimum Gasteiger partial charge on any atom is -0.494 e. The molecule has 0 radical (unpaired) electrons. The molecule has 0 aliphatic carbocycles. The van der Waals surface area contributed by atoms with E-state index in [9.17, 15) is 4.79 Å². The molecule has 0 bridgehead atoms. The van der Waals surface area contributed by atoms with Gasteiger partial charge in [-0.2, -0.15) is 0 Å². The molecule has 310 valence electrons. The van der Waals surface area contributed by atoms with Crippen LogP contribution in [0.15, 0.2) is 72.8 Å². The standard InChI is InChI=1S/C51H77NO4/c1-5-7-9-11-13-15-17-19-21-23-25-41-54-46-33-27-43(28-34-46)49(53)56-48-37-31-45(32-38-48)51(4)40-39-50(3,52-51)44-29-35-47(36-30-44)55-42-26-24-22-20-18-16-14-12-10-8-6-2/h27-38,52H,5-26,39-42H2,1-4H3/t50-,51-/m0/s1. The van der Waals surface area contributed by atoms with Crippen LogP contribution in [-0.4, -0.2) is 19.2 Å². The normalized spacial score (nSPS) is 17.9. The number of unbranched alkanes of at least 4 members (excludes halogenated alkanes) is 20. The minimum atomic E-state index is -0.362. The molecule has 1 saturated heterocycles. The highest BCUT2D eigenvalue weighted by molar-refractivity contribution is 5.91. The zero-order chi connectivity index (χ0) is 39.7. The van der Waals surface area contributed by atoms with Crippen molar-refractivity contribution in [1.29, 1.82) is 0 Å². The van der Waals surface area contributed by atoms with Crippen molar-refractivity contribution in [3.63, 3.8) is 0 Å². The molecule has 0 spiro atoms. The molecule has 1 aliphatic rings. The van der Waals surface area contributed by atoms with E-state index in [0.717, 1.165) is 43.8 Å². The molecular weight excluding hydrogens is 691 g/mol. The molecule has 56 heavy (non-hydrogen) atoms. The Labute approximate surface area is 342 Å². The van der Waals surface area contributed by atoms with Gasteiger partial charge in [-0.25, -0.2) is 4.79 Å². The van der Waals surface area contributed by atoms with E-state index in [2.05, 4.69) is 69.4 Å². The summed E-state index contributed by atoms with van der Waals surface area (Å²) in [6.45, 7) is 10.6. The molecule has 5 heteroatoms. The number of rotatable bonds is 30. The second-order valence-corrected chi connectivity index (χ2v) is 17.0. The van der Waals surface area contributed by atoms with Crippen LogP contribution in [0.2, 0.25) is 0 Å². The first-order chi connectivity index (χ1) is 27.3. The summed E-state index contributed by atoms with van der Waals surface area (Å²) in [6.07, 6.45) is 31.3. The van der Waals surface area contributed by atoms with Crippen molar-refractivity contribution in [3.05, 3.63) is 89.5 Å². The Hall–Kier alpha value is -3.31. The molecule has 1 heterocycles. The Morgan fingerprint density at radius 3 is 1.16 bits per heavy atom. The fourth-order valence-corrected chi connectivity index (χ4v) is 8.24. The van der Waals surface area contributed by atoms with Crippen LogP contribution in [0.3, 0.4) is 0 Å². The molecule has 0 saturated carbocycles. The Morgan fingerprint density at radius 1 is 0.464 bits per heavy atom. The summed E-state index contributed by atoms with van der Waals surface area (Å²) in [5, 5.41) is 3.96. The lowest BCUT2D eigenvalue weighted by molar-refractivity contribution is 0.0734. The molecule has 0 unspecified atom stereocenters. The molecule has 1 fully saturated rings. The van der Waals surface area contributed by atoms with Gasteiger partial charge in [0.15, 0.2) is 0 Å². The van der Waals surface area contributed by atoms with Crippen molar-refractivity contribution in [1.82, 2.24) is 5.32 Å². The third-order valence-electron chi connectivity index (χ3n) is 12.0. The quantitative estimate of drug-likeness (QED) is 0.0416. The van der Waals surface area contributed by atoms with Gasteiger partial charge < -0.3 is 14.2 Å². The molecule has 2 atom stereocenters. The summed E-state index contributed by atoms with van der Waals surface area (Å²) in [5.41, 5.74) is 2.65. The zero-order valence-electron chi connectivity index (χ0n) is 35.9. The monoisotopic (exact) mass is 768 g/mol. The van der Waals surface area contributed by atoms with Crippen LogP contribution >= 0.6 is 0 Å². The first-order valence-corrected chi connectivity index (χ1v) is 22.9. The van der Waals surface area contributed by atoms with Crippen LogP contribution in [0.5, 0.6) is 17.2 Å². The first kappa shape index (κ1) is 45.4. The average Bonchev–Trinajstić information content (AvgIpc) is 3.55. The van der Waals surface area contributed by atoms with Gasteiger partial charge in [0.05, 0.1) is 18.8 Å². The van der Waals surface area contributed by atoms with Gasteiger partial charge in [0, 0.05) is 11.1 Å². The fraction of sp³-hybridized carbons (Fsp3) is 0.627. The van der Waals surface area contributed by atoms with Crippen LogP contribution in [0.25, 0.3) is 0 Å². The summed E-state index contributed by atoms with van der Waals surface area (Å²) >= 11 is 0. The molecule has 1 aliphatic heterocycles. The molecule has 3 aromatic carbocycles. The van der Waals surface area contributed by atoms with Gasteiger partial charge in [0.25, 0.3) is 0 Å². The number of benzene rings is 3. The van der Waals surface area contributed by atoms with Crippen LogP contribution in [0, 0.1) is 0 Å². The van der Waals surface area contributed by atoms with Crippen molar-refractivity contribution < 1.29 is 19.0 Å². The van der Waals surface area contributed by atoms with Gasteiger partial charge in [-0.05, 0) is 99.2 Å². The van der Waals surface area contributed by atoms with E-state index >= 15 is 0 Å². The highest BCUT2D eigenvalue weighted by Crippen LogP contribution is 2.43. The van der Waals surface area contributed by atoms with Gasteiger partial charge in [-0.15, -0.1) is 0 Å². The highest BCUT2D eigenvalue weighted by atomic mass is 16.5. The Morgan fingerprint density at radius 2 is 0.786 bits per heavy atom. The van der Waals surface area contributed by atoms with Crippen LogP contribution < -0.4 is 19.5 Å². The lowest BCUT2D eigenvalue weighted by Gasteiger charge is -2.32. The maximum atomic E-state index is 12.9. The maximum absolute atomic E-state index is 12.9. The fourth-order valence-electron chi connectivity index (χ4n) is 8.24. The predicted molar refractivity (Wildman–Crippen MR) is 235 cm³/mol. The number of ether oxygens (including phenoxy) is 3. The first-order valence-electron chi connectivity index (χ1n) is 22.9. The lowest BCUT2D eigenvalue weighted by atomic mass is 9.89. The Bertz CT molecular complexity index is 1470. The van der Waals surface area contributed by atoms with Gasteiger partial charge >= 0.3 is 5.97 Å². The van der Waals surface area contributed by atoms with E-state index in [0.29, 0.717) is 17.9 Å². The third-order valence-corrected chi connectivity index (χ3v) is 12.0. The van der Waals surface area contributed by atoms with E-state index in [-0.39, 0.29) is 17.0 Å². The number of carbonyl (C=O) groups excluding carboxylic acids is 1. The van der Waals surface area contributed by atoms with Crippen molar-refractivity contribution in [2.24, 2.45) is 0 Å². The van der Waals surface area contributed by atoms with Gasteiger partial charge in [0.2, 0.25) is 0 Å². The largest absolute Gasteiger partial charge is 0.494 e. The molecule has 0 aromatic heterocycles. The highest BCUT2D eigenvalue weighted by Gasteiger charge is 2.43. The van der Waals surface area contributed by atoms with Crippen LogP contribution in [0.1, 0.15) is 203 Å². The van der Waals surface area contributed by atoms with Crippen LogP contribution in [0.4, 0.5) is 0 Å². The smallest absolute Gasteiger partial charge is 0.343 e. The molecule has 0 amide bonds. The SMILES string of the molecule is CCCCCCCCCCCCCOc1ccc(C(=O)Oc2ccc([C@]3(C)CC[C@@](C)(c4ccc(OCCCCCCCCCCCCC)cc4)N3)cc2)cc1. The van der Waals surface area contributed by atoms with Crippen molar-refractivity contribution in [2.45, 2.75) is 193 Å². The molecule has 1 N–H and O–H groups in total. The lowest BCUT2D eigenvalue weighted by Crippen LogP contribution is -2.43. The third kappa shape index (κ3) is 16.3. The predicted octanol–water partition coefficient (Wildman–Crippen LogP) is 14.8. The second-order valence-electron chi connectivity index (χ2n) is 17.0. The summed E-state index contributed by atoms with van der Waals surface area (Å²) < 4.78 is 17.8. The summed E-state index contributed by atoms with van der Waals surface area (Å²) in [4.78, 5) is 12.9. The molecular formula is C51H77NO4. The average molecular weight is 768 g/mol.